The number of aliphatic imine (C=N–C) groups is 1. The van der Waals surface area contributed by atoms with Crippen LogP contribution in [0, 0.1) is 0 Å². The zero-order chi connectivity index (χ0) is 23.8. The third-order valence-electron chi connectivity index (χ3n) is 5.19. The summed E-state index contributed by atoms with van der Waals surface area (Å²) in [7, 11) is 0. The Kier molecular flexibility index (Phi) is 7.39. The number of ether oxygens (including phenoxy) is 1. The first kappa shape index (κ1) is 22.8. The Hall–Kier alpha value is -4.33. The molecule has 34 heavy (non-hydrogen) atoms. The third kappa shape index (κ3) is 6.35. The van der Waals surface area contributed by atoms with E-state index in [2.05, 4.69) is 20.9 Å². The van der Waals surface area contributed by atoms with Crippen LogP contribution >= 0.6 is 0 Å². The van der Waals surface area contributed by atoms with Gasteiger partial charge >= 0.3 is 5.97 Å². The number of nitrogens with zero attached hydrogens (tertiary/aromatic N) is 1. The molecule has 0 bridgehead atoms. The molecule has 1 heterocycles. The average Bonchev–Trinajstić information content (AvgIpc) is 2.85. The van der Waals surface area contributed by atoms with Gasteiger partial charge in [-0.05, 0) is 42.3 Å². The number of rotatable bonds is 8. The summed E-state index contributed by atoms with van der Waals surface area (Å²) >= 11 is 0. The number of nitrogens with one attached hydrogen (secondary N) is 3. The van der Waals surface area contributed by atoms with Crippen molar-refractivity contribution in [3.63, 3.8) is 0 Å². The van der Waals surface area contributed by atoms with Crippen LogP contribution in [0.5, 0.6) is 5.75 Å². The molecule has 0 radical (unpaired) electrons. The second-order valence-electron chi connectivity index (χ2n) is 7.81. The number of hydrogen-bond acceptors (Lipinski definition) is 6. The summed E-state index contributed by atoms with van der Waals surface area (Å²) in [5, 5.41) is 18.6. The van der Waals surface area contributed by atoms with E-state index in [4.69, 9.17) is 4.74 Å². The Labute approximate surface area is 197 Å². The van der Waals surface area contributed by atoms with E-state index in [1.165, 1.54) is 0 Å². The molecule has 3 aromatic rings. The lowest BCUT2D eigenvalue weighted by Gasteiger charge is -2.18. The van der Waals surface area contributed by atoms with Gasteiger partial charge in [-0.1, -0.05) is 42.5 Å². The van der Waals surface area contributed by atoms with Crippen molar-refractivity contribution in [3.05, 3.63) is 90.0 Å². The number of carboxylic acid groups (broad SMARTS) is 1. The predicted molar refractivity (Wildman–Crippen MR) is 131 cm³/mol. The number of amides is 1. The first-order valence-corrected chi connectivity index (χ1v) is 11.1. The van der Waals surface area contributed by atoms with Gasteiger partial charge in [0.15, 0.2) is 5.96 Å². The molecule has 3 aromatic carbocycles. The van der Waals surface area contributed by atoms with Crippen molar-refractivity contribution < 1.29 is 19.4 Å². The molecule has 0 spiro atoms. The highest BCUT2D eigenvalue weighted by Gasteiger charge is 2.18. The molecule has 8 nitrogen and oxygen atoms in total. The van der Waals surface area contributed by atoms with Crippen molar-refractivity contribution in [3.8, 4) is 5.75 Å². The van der Waals surface area contributed by atoms with Crippen molar-refractivity contribution in [2.75, 3.05) is 23.7 Å². The highest BCUT2D eigenvalue weighted by atomic mass is 16.5. The van der Waals surface area contributed by atoms with E-state index < -0.39 is 12.1 Å². The molecule has 174 valence electrons. The van der Waals surface area contributed by atoms with Gasteiger partial charge in [-0.15, -0.1) is 0 Å². The van der Waals surface area contributed by atoms with E-state index in [1.807, 2.05) is 36.4 Å². The molecule has 0 saturated heterocycles. The van der Waals surface area contributed by atoms with Crippen LogP contribution in [-0.4, -0.2) is 36.0 Å². The fourth-order valence-corrected chi connectivity index (χ4v) is 3.56. The van der Waals surface area contributed by atoms with Crippen LogP contribution in [0.4, 0.5) is 11.4 Å². The molecule has 1 unspecified atom stereocenters. The van der Waals surface area contributed by atoms with Gasteiger partial charge in [0.25, 0.3) is 5.91 Å². The van der Waals surface area contributed by atoms with Crippen LogP contribution in [0.15, 0.2) is 83.9 Å². The van der Waals surface area contributed by atoms with E-state index in [0.717, 1.165) is 30.8 Å². The van der Waals surface area contributed by atoms with Gasteiger partial charge in [0.05, 0.1) is 6.42 Å². The van der Waals surface area contributed by atoms with Crippen molar-refractivity contribution in [2.45, 2.75) is 18.9 Å². The number of guanidine groups is 1. The Morgan fingerprint density at radius 3 is 2.56 bits per heavy atom. The van der Waals surface area contributed by atoms with Gasteiger partial charge in [-0.25, -0.2) is 0 Å². The summed E-state index contributed by atoms with van der Waals surface area (Å²) in [6.07, 6.45) is 0.169. The molecule has 1 atom stereocenters. The average molecular weight is 459 g/mol. The summed E-state index contributed by atoms with van der Waals surface area (Å²) < 4.78 is 5.98. The van der Waals surface area contributed by atoms with Crippen LogP contribution in [0.2, 0.25) is 0 Å². The van der Waals surface area contributed by atoms with Crippen LogP contribution in [0.25, 0.3) is 0 Å². The lowest BCUT2D eigenvalue weighted by molar-refractivity contribution is -0.138. The molecule has 1 aliphatic rings. The summed E-state index contributed by atoms with van der Waals surface area (Å²) in [5.74, 6) is -0.0710. The minimum Gasteiger partial charge on any atom is -0.485 e. The monoisotopic (exact) mass is 458 g/mol. The molecule has 1 amide bonds. The van der Waals surface area contributed by atoms with E-state index in [1.54, 1.807) is 42.5 Å². The molecule has 8 heteroatoms. The standard InChI is InChI=1S/C26H26N4O4/c31-24(32)17-23(18-7-2-1-3-8-18)34-22-12-5-11-21(16-22)29-25(33)19-9-4-10-20(15-19)30-26-27-13-6-14-28-26/h1-5,7-12,15-16,23H,6,13-14,17H2,(H,29,33)(H,31,32)(H2,27,28,30). The summed E-state index contributed by atoms with van der Waals surface area (Å²) in [6, 6.07) is 23.3. The van der Waals surface area contributed by atoms with Crippen molar-refractivity contribution in [1.29, 1.82) is 0 Å². The van der Waals surface area contributed by atoms with E-state index in [-0.39, 0.29) is 12.3 Å². The van der Waals surface area contributed by atoms with E-state index in [0.29, 0.717) is 23.0 Å². The second kappa shape index (κ2) is 11.0. The lowest BCUT2D eigenvalue weighted by atomic mass is 10.1. The zero-order valence-electron chi connectivity index (χ0n) is 18.5. The van der Waals surface area contributed by atoms with Gasteiger partial charge in [0.1, 0.15) is 11.9 Å². The molecule has 0 saturated carbocycles. The van der Waals surface area contributed by atoms with Crippen molar-refractivity contribution >= 4 is 29.2 Å². The molecular weight excluding hydrogens is 432 g/mol. The number of anilines is 2. The Morgan fingerprint density at radius 2 is 1.79 bits per heavy atom. The van der Waals surface area contributed by atoms with Gasteiger partial charge in [-0.3, -0.25) is 14.6 Å². The highest BCUT2D eigenvalue weighted by Crippen LogP contribution is 2.27. The highest BCUT2D eigenvalue weighted by molar-refractivity contribution is 6.05. The fourth-order valence-electron chi connectivity index (χ4n) is 3.56. The minimum absolute atomic E-state index is 0.180. The molecule has 0 aromatic heterocycles. The number of carbonyl (C=O) groups excluding carboxylic acids is 1. The number of carboxylic acids is 1. The first-order chi connectivity index (χ1) is 16.6. The molecule has 0 fully saturated rings. The third-order valence-corrected chi connectivity index (χ3v) is 5.19. The molecule has 0 aliphatic carbocycles. The van der Waals surface area contributed by atoms with Crippen molar-refractivity contribution in [2.24, 2.45) is 4.99 Å². The van der Waals surface area contributed by atoms with Gasteiger partial charge in [0.2, 0.25) is 0 Å². The SMILES string of the molecule is O=C(O)CC(Oc1cccc(NC(=O)c2cccc(NC3=NCCCN3)c2)c1)c1ccccc1. The van der Waals surface area contributed by atoms with Crippen LogP contribution in [0.3, 0.4) is 0 Å². The van der Waals surface area contributed by atoms with E-state index >= 15 is 0 Å². The number of aliphatic carboxylic acids is 1. The van der Waals surface area contributed by atoms with Gasteiger partial charge in [-0.2, -0.15) is 0 Å². The summed E-state index contributed by atoms with van der Waals surface area (Å²) in [6.45, 7) is 1.63. The van der Waals surface area contributed by atoms with Gasteiger partial charge < -0.3 is 25.8 Å². The first-order valence-electron chi connectivity index (χ1n) is 11.1. The number of benzene rings is 3. The maximum absolute atomic E-state index is 12.9. The normalized spacial score (nSPS) is 13.7. The Morgan fingerprint density at radius 1 is 1.00 bits per heavy atom. The summed E-state index contributed by atoms with van der Waals surface area (Å²) in [5.41, 5.74) is 2.56. The maximum atomic E-state index is 12.9. The Bertz CT molecular complexity index is 1180. The van der Waals surface area contributed by atoms with E-state index in [9.17, 15) is 14.7 Å². The lowest BCUT2D eigenvalue weighted by Crippen LogP contribution is -2.35. The number of carbonyl (C=O) groups is 2. The van der Waals surface area contributed by atoms with Crippen LogP contribution in [0.1, 0.15) is 34.9 Å². The quantitative estimate of drug-likeness (QED) is 0.401. The molecule has 1 aliphatic heterocycles. The predicted octanol–water partition coefficient (Wildman–Crippen LogP) is 4.29. The van der Waals surface area contributed by atoms with Crippen LogP contribution in [-0.2, 0) is 4.79 Å². The smallest absolute Gasteiger partial charge is 0.307 e. The second-order valence-corrected chi connectivity index (χ2v) is 7.81. The topological polar surface area (TPSA) is 112 Å². The van der Waals surface area contributed by atoms with Gasteiger partial charge in [0, 0.05) is 36.1 Å². The maximum Gasteiger partial charge on any atom is 0.307 e. The number of hydrogen-bond donors (Lipinski definition) is 4. The van der Waals surface area contributed by atoms with Crippen LogP contribution < -0.4 is 20.7 Å². The summed E-state index contributed by atoms with van der Waals surface area (Å²) in [4.78, 5) is 28.6. The Balaban J connectivity index is 1.44. The van der Waals surface area contributed by atoms with Crippen molar-refractivity contribution in [1.82, 2.24) is 5.32 Å². The minimum atomic E-state index is -0.957. The molecule has 4 rings (SSSR count). The zero-order valence-corrected chi connectivity index (χ0v) is 18.5. The molecular formula is C26H26N4O4. The molecule has 4 N–H and O–H groups in total. The fraction of sp³-hybridized carbons (Fsp3) is 0.192. The largest absolute Gasteiger partial charge is 0.485 e.